The second-order valence-electron chi connectivity index (χ2n) is 21.7. The monoisotopic (exact) mass is 978 g/mol. The first-order valence-electron chi connectivity index (χ1n) is 27.2. The van der Waals surface area contributed by atoms with Crippen molar-refractivity contribution in [2.75, 3.05) is 36.0 Å². The third kappa shape index (κ3) is 5.68. The van der Waals surface area contributed by atoms with Gasteiger partial charge in [-0.2, -0.15) is 0 Å². The molecule has 0 aromatic heterocycles. The SMILES string of the molecule is Fc1ccc(-c2c3c(c(-c4ccccc4)c4ccccc24)-c2cc(N4CCCC4)c4c5ccc6c7c(cc(N8CCCC8)c(c8ccc-3c2c84)c75)-c2c-6c(-c3ccccc3)c3ccccc3c2-c2ccc(F)cc2)cc1. The molecule has 2 aliphatic heterocycles. The number of fused-ring (bicyclic) bond motifs is 10. The lowest BCUT2D eigenvalue weighted by Gasteiger charge is -2.28. The number of benzene rings is 13. The third-order valence-electron chi connectivity index (χ3n) is 17.9. The van der Waals surface area contributed by atoms with Crippen LogP contribution in [0.3, 0.4) is 0 Å². The van der Waals surface area contributed by atoms with Gasteiger partial charge in [0.2, 0.25) is 0 Å². The molecular formula is C72H48F2N2. The Balaban J connectivity index is 1.08. The topological polar surface area (TPSA) is 6.48 Å². The van der Waals surface area contributed by atoms with Crippen molar-refractivity contribution < 1.29 is 8.78 Å². The molecule has 0 unspecified atom stereocenters. The van der Waals surface area contributed by atoms with Crippen molar-refractivity contribution in [3.05, 3.63) is 206 Å². The van der Waals surface area contributed by atoms with Crippen LogP contribution in [0.4, 0.5) is 20.2 Å². The molecule has 2 nitrogen and oxygen atoms in total. The highest BCUT2D eigenvalue weighted by molar-refractivity contribution is 6.45. The smallest absolute Gasteiger partial charge is 0.123 e. The van der Waals surface area contributed by atoms with Gasteiger partial charge in [-0.1, -0.05) is 158 Å². The molecule has 360 valence electrons. The first-order chi connectivity index (χ1) is 37.6. The Morgan fingerprint density at radius 1 is 0.250 bits per heavy atom. The van der Waals surface area contributed by atoms with E-state index in [2.05, 4.69) is 155 Å². The summed E-state index contributed by atoms with van der Waals surface area (Å²) < 4.78 is 29.9. The van der Waals surface area contributed by atoms with E-state index in [1.807, 2.05) is 24.3 Å². The molecule has 0 N–H and O–H groups in total. The Morgan fingerprint density at radius 2 is 0.566 bits per heavy atom. The van der Waals surface area contributed by atoms with Crippen molar-refractivity contribution >= 4 is 76.0 Å². The number of halogens is 2. The normalized spacial score (nSPS) is 14.5. The first kappa shape index (κ1) is 42.5. The molecule has 4 heteroatoms. The van der Waals surface area contributed by atoms with E-state index in [1.54, 1.807) is 24.3 Å². The average Bonchev–Trinajstić information content (AvgIpc) is 4.50. The van der Waals surface area contributed by atoms with E-state index in [1.165, 1.54) is 137 Å². The van der Waals surface area contributed by atoms with Crippen molar-refractivity contribution in [2.45, 2.75) is 25.7 Å². The molecule has 17 rings (SSSR count). The lowest BCUT2D eigenvalue weighted by Crippen LogP contribution is -2.19. The van der Waals surface area contributed by atoms with Gasteiger partial charge in [-0.15, -0.1) is 0 Å². The Labute approximate surface area is 439 Å². The molecular weight excluding hydrogens is 931 g/mol. The minimum atomic E-state index is -0.237. The zero-order valence-corrected chi connectivity index (χ0v) is 41.8. The summed E-state index contributed by atoms with van der Waals surface area (Å²) in [5, 5.41) is 15.2. The summed E-state index contributed by atoms with van der Waals surface area (Å²) in [6.07, 6.45) is 4.59. The molecule has 0 amide bonds. The van der Waals surface area contributed by atoms with Crippen LogP contribution in [-0.4, -0.2) is 26.2 Å². The van der Waals surface area contributed by atoms with Gasteiger partial charge in [0.25, 0.3) is 0 Å². The highest BCUT2D eigenvalue weighted by atomic mass is 19.1. The number of hydrogen-bond acceptors (Lipinski definition) is 2. The molecule has 0 saturated carbocycles. The van der Waals surface area contributed by atoms with E-state index >= 15 is 0 Å². The third-order valence-corrected chi connectivity index (χ3v) is 17.9. The lowest BCUT2D eigenvalue weighted by atomic mass is 9.82. The number of anilines is 2. The molecule has 4 aliphatic rings. The lowest BCUT2D eigenvalue weighted by molar-refractivity contribution is 0.627. The molecule has 0 bridgehead atoms. The van der Waals surface area contributed by atoms with Gasteiger partial charge < -0.3 is 9.80 Å². The summed E-state index contributed by atoms with van der Waals surface area (Å²) in [7, 11) is 0. The molecule has 13 aromatic carbocycles. The van der Waals surface area contributed by atoms with Crippen LogP contribution in [-0.2, 0) is 0 Å². The zero-order valence-electron chi connectivity index (χ0n) is 41.8. The predicted octanol–water partition coefficient (Wildman–Crippen LogP) is 19.5. The molecule has 2 aliphatic carbocycles. The van der Waals surface area contributed by atoms with Crippen LogP contribution < -0.4 is 9.80 Å². The van der Waals surface area contributed by atoms with Crippen molar-refractivity contribution in [1.82, 2.24) is 0 Å². The summed E-state index contributed by atoms with van der Waals surface area (Å²) in [4.78, 5) is 5.36. The van der Waals surface area contributed by atoms with Crippen LogP contribution in [0.5, 0.6) is 0 Å². The van der Waals surface area contributed by atoms with Gasteiger partial charge in [0.15, 0.2) is 0 Å². The van der Waals surface area contributed by atoms with Gasteiger partial charge in [0.1, 0.15) is 11.6 Å². The maximum Gasteiger partial charge on any atom is 0.123 e. The predicted molar refractivity (Wildman–Crippen MR) is 316 cm³/mol. The van der Waals surface area contributed by atoms with Gasteiger partial charge in [0.05, 0.1) is 0 Å². The second kappa shape index (κ2) is 15.8. The summed E-state index contributed by atoms with van der Waals surface area (Å²) >= 11 is 0. The van der Waals surface area contributed by atoms with Crippen LogP contribution in [0.1, 0.15) is 25.7 Å². The average molecular weight is 979 g/mol. The fourth-order valence-corrected chi connectivity index (χ4v) is 14.9. The maximum absolute atomic E-state index is 15.0. The molecule has 0 radical (unpaired) electrons. The highest BCUT2D eigenvalue weighted by Gasteiger charge is 2.38. The molecule has 13 aromatic rings. The Bertz CT molecular complexity index is 4600. The molecule has 2 fully saturated rings. The summed E-state index contributed by atoms with van der Waals surface area (Å²) in [6, 6.07) is 69.0. The van der Waals surface area contributed by atoms with E-state index < -0.39 is 0 Å². The summed E-state index contributed by atoms with van der Waals surface area (Å²) in [6.45, 7) is 3.97. The number of rotatable bonds is 6. The van der Waals surface area contributed by atoms with E-state index in [0.717, 1.165) is 79.5 Å². The summed E-state index contributed by atoms with van der Waals surface area (Å²) in [5.41, 5.74) is 21.7. The Kier molecular flexibility index (Phi) is 8.85. The van der Waals surface area contributed by atoms with Gasteiger partial charge in [-0.05, 0) is 194 Å². The van der Waals surface area contributed by atoms with E-state index in [9.17, 15) is 8.78 Å². The quantitative estimate of drug-likeness (QED) is 0.121. The first-order valence-corrected chi connectivity index (χ1v) is 27.2. The van der Waals surface area contributed by atoms with Crippen LogP contribution in [0.2, 0.25) is 0 Å². The van der Waals surface area contributed by atoms with E-state index in [-0.39, 0.29) is 11.6 Å². The van der Waals surface area contributed by atoms with Gasteiger partial charge >= 0.3 is 0 Å². The fraction of sp³-hybridized carbons (Fsp3) is 0.111. The Morgan fingerprint density at radius 3 is 0.921 bits per heavy atom. The van der Waals surface area contributed by atoms with Gasteiger partial charge in [0, 0.05) is 59.1 Å². The highest BCUT2D eigenvalue weighted by Crippen LogP contribution is 2.65. The molecule has 2 saturated heterocycles. The van der Waals surface area contributed by atoms with Crippen LogP contribution in [0.25, 0.3) is 154 Å². The maximum atomic E-state index is 15.0. The largest absolute Gasteiger partial charge is 0.371 e. The van der Waals surface area contributed by atoms with Crippen molar-refractivity contribution in [3.63, 3.8) is 0 Å². The molecule has 76 heavy (non-hydrogen) atoms. The standard InChI is InChI=1S/C72H48F2N2/c73-45-27-23-43(24-28-45)61-49-21-9-8-20-48(49)60(42-17-5-2-6-18-42)71-55-39-57(75-35-11-12-36-75)65-53-33-31-51-63-56(40-58(76-37-13-14-38-76)66(69(53)63)54-34-32-52(68(61)71)64(55)70(54)65)72-62(44-25-29-46(74)30-26-44)50-22-10-7-19-47(50)59(67(51)72)41-15-3-1-4-16-41/h1-10,15-34,39-40H,11-14,35-38H2. The van der Waals surface area contributed by atoms with Gasteiger partial charge in [-0.3, -0.25) is 0 Å². The van der Waals surface area contributed by atoms with Gasteiger partial charge in [-0.25, -0.2) is 8.78 Å². The molecule has 0 atom stereocenters. The summed E-state index contributed by atoms with van der Waals surface area (Å²) in [5.74, 6) is -0.473. The fourth-order valence-electron chi connectivity index (χ4n) is 14.9. The second-order valence-corrected chi connectivity index (χ2v) is 21.7. The van der Waals surface area contributed by atoms with Crippen LogP contribution >= 0.6 is 0 Å². The minimum absolute atomic E-state index is 0.236. The van der Waals surface area contributed by atoms with Crippen molar-refractivity contribution in [2.24, 2.45) is 0 Å². The van der Waals surface area contributed by atoms with Crippen molar-refractivity contribution in [1.29, 1.82) is 0 Å². The van der Waals surface area contributed by atoms with Crippen LogP contribution in [0.15, 0.2) is 194 Å². The number of hydrogen-bond donors (Lipinski definition) is 0. The zero-order chi connectivity index (χ0) is 49.9. The molecule has 0 spiro atoms. The van der Waals surface area contributed by atoms with E-state index in [0.29, 0.717) is 0 Å². The van der Waals surface area contributed by atoms with Crippen molar-refractivity contribution in [3.8, 4) is 89.0 Å². The minimum Gasteiger partial charge on any atom is -0.371 e. The van der Waals surface area contributed by atoms with Crippen LogP contribution in [0, 0.1) is 11.6 Å². The Hall–Kier alpha value is -8.86. The number of nitrogens with zero attached hydrogens (tertiary/aromatic N) is 2. The van der Waals surface area contributed by atoms with E-state index in [4.69, 9.17) is 0 Å². The molecule has 2 heterocycles.